The number of rotatable bonds is 1. The fourth-order valence-electron chi connectivity index (χ4n) is 1.22. The smallest absolute Gasteiger partial charge is 0.348 e. The van der Waals surface area contributed by atoms with Crippen molar-refractivity contribution in [2.45, 2.75) is 6.92 Å². The van der Waals surface area contributed by atoms with Crippen LogP contribution in [-0.4, -0.2) is 14.8 Å². The molecule has 0 bridgehead atoms. The topological polar surface area (TPSA) is 76.7 Å². The number of aromatic amines is 1. The van der Waals surface area contributed by atoms with Crippen molar-refractivity contribution in [3.05, 3.63) is 40.6 Å². The van der Waals surface area contributed by atoms with Gasteiger partial charge < -0.3 is 5.73 Å². The second-order valence-corrected chi connectivity index (χ2v) is 3.02. The molecule has 0 saturated heterocycles. The molecule has 5 heteroatoms. The first-order valence-electron chi connectivity index (χ1n) is 4.18. The first-order chi connectivity index (χ1) is 6.66. The number of nitrogen functional groups attached to an aromatic ring is 1. The standard InChI is InChI=1S/C9H10N4O/c1-6-11-9(14)13(12-6)8-4-2-7(10)3-5-8/h2-5H,10H2,1H3,(H,11,12,14). The van der Waals surface area contributed by atoms with Gasteiger partial charge in [0, 0.05) is 5.69 Å². The minimum atomic E-state index is -0.243. The van der Waals surface area contributed by atoms with Gasteiger partial charge in [0.15, 0.2) is 0 Å². The Hall–Kier alpha value is -2.04. The summed E-state index contributed by atoms with van der Waals surface area (Å²) in [6, 6.07) is 6.95. The molecule has 0 unspecified atom stereocenters. The molecule has 2 rings (SSSR count). The average molecular weight is 190 g/mol. The van der Waals surface area contributed by atoms with Crippen LogP contribution < -0.4 is 11.4 Å². The molecule has 2 aromatic rings. The maximum absolute atomic E-state index is 11.3. The van der Waals surface area contributed by atoms with E-state index in [1.54, 1.807) is 31.2 Å². The normalized spacial score (nSPS) is 10.4. The van der Waals surface area contributed by atoms with E-state index >= 15 is 0 Å². The molecule has 0 aliphatic carbocycles. The molecule has 14 heavy (non-hydrogen) atoms. The summed E-state index contributed by atoms with van der Waals surface area (Å²) >= 11 is 0. The highest BCUT2D eigenvalue weighted by molar-refractivity contribution is 5.44. The molecule has 0 saturated carbocycles. The van der Waals surface area contributed by atoms with Crippen molar-refractivity contribution in [1.82, 2.24) is 14.8 Å². The van der Waals surface area contributed by atoms with E-state index in [9.17, 15) is 4.79 Å². The molecule has 0 spiro atoms. The first-order valence-corrected chi connectivity index (χ1v) is 4.18. The number of hydrogen-bond donors (Lipinski definition) is 2. The van der Waals surface area contributed by atoms with Crippen LogP contribution in [0.2, 0.25) is 0 Å². The van der Waals surface area contributed by atoms with Crippen LogP contribution in [0.25, 0.3) is 5.69 Å². The molecule has 0 aliphatic heterocycles. The van der Waals surface area contributed by atoms with E-state index in [0.29, 0.717) is 17.2 Å². The lowest BCUT2D eigenvalue weighted by Crippen LogP contribution is -2.15. The van der Waals surface area contributed by atoms with E-state index in [-0.39, 0.29) is 5.69 Å². The summed E-state index contributed by atoms with van der Waals surface area (Å²) in [6.45, 7) is 1.73. The second kappa shape index (κ2) is 3.02. The molecular weight excluding hydrogens is 180 g/mol. The minimum absolute atomic E-state index is 0.243. The van der Waals surface area contributed by atoms with E-state index < -0.39 is 0 Å². The molecule has 1 aromatic carbocycles. The predicted molar refractivity (Wildman–Crippen MR) is 53.3 cm³/mol. The van der Waals surface area contributed by atoms with Crippen molar-refractivity contribution in [1.29, 1.82) is 0 Å². The molecule has 1 aromatic heterocycles. The Balaban J connectivity index is 2.54. The number of aryl methyl sites for hydroxylation is 1. The summed E-state index contributed by atoms with van der Waals surface area (Å²) in [5.41, 5.74) is 6.65. The molecular formula is C9H10N4O. The third-order valence-corrected chi connectivity index (χ3v) is 1.87. The van der Waals surface area contributed by atoms with Crippen molar-refractivity contribution in [2.24, 2.45) is 0 Å². The lowest BCUT2D eigenvalue weighted by atomic mass is 10.3. The third kappa shape index (κ3) is 1.39. The van der Waals surface area contributed by atoms with Crippen LogP contribution in [0, 0.1) is 6.92 Å². The van der Waals surface area contributed by atoms with Gasteiger partial charge in [-0.25, -0.2) is 4.79 Å². The van der Waals surface area contributed by atoms with Crippen molar-refractivity contribution >= 4 is 5.69 Å². The van der Waals surface area contributed by atoms with Crippen molar-refractivity contribution in [2.75, 3.05) is 5.73 Å². The van der Waals surface area contributed by atoms with Crippen LogP contribution in [-0.2, 0) is 0 Å². The molecule has 0 aliphatic rings. The molecule has 5 nitrogen and oxygen atoms in total. The number of benzene rings is 1. The number of aromatic nitrogens is 3. The Morgan fingerprint density at radius 3 is 2.50 bits per heavy atom. The summed E-state index contributed by atoms with van der Waals surface area (Å²) in [5, 5.41) is 4.02. The van der Waals surface area contributed by atoms with Gasteiger partial charge in [-0.15, -0.1) is 0 Å². The SMILES string of the molecule is Cc1nn(-c2ccc(N)cc2)c(=O)[nH]1. The van der Waals surface area contributed by atoms with Gasteiger partial charge in [-0.3, -0.25) is 4.98 Å². The van der Waals surface area contributed by atoms with Gasteiger partial charge in [-0.1, -0.05) is 0 Å². The predicted octanol–water partition coefficient (Wildman–Crippen LogP) is 0.451. The van der Waals surface area contributed by atoms with Gasteiger partial charge in [-0.05, 0) is 31.2 Å². The molecule has 72 valence electrons. The fraction of sp³-hybridized carbons (Fsp3) is 0.111. The zero-order valence-corrected chi connectivity index (χ0v) is 7.69. The van der Waals surface area contributed by atoms with Crippen LogP contribution in [0.1, 0.15) is 5.82 Å². The number of anilines is 1. The van der Waals surface area contributed by atoms with Crippen molar-refractivity contribution in [3.8, 4) is 5.69 Å². The van der Waals surface area contributed by atoms with E-state index in [2.05, 4.69) is 10.1 Å². The van der Waals surface area contributed by atoms with Gasteiger partial charge in [-0.2, -0.15) is 9.78 Å². The molecule has 0 fully saturated rings. The maximum Gasteiger partial charge on any atom is 0.348 e. The fourth-order valence-corrected chi connectivity index (χ4v) is 1.22. The number of nitrogens with two attached hydrogens (primary N) is 1. The summed E-state index contributed by atoms with van der Waals surface area (Å²) in [4.78, 5) is 13.9. The largest absolute Gasteiger partial charge is 0.399 e. The molecule has 0 radical (unpaired) electrons. The lowest BCUT2D eigenvalue weighted by molar-refractivity contribution is 0.833. The monoisotopic (exact) mass is 190 g/mol. The summed E-state index contributed by atoms with van der Waals surface area (Å²) in [7, 11) is 0. The van der Waals surface area contributed by atoms with Crippen molar-refractivity contribution < 1.29 is 0 Å². The highest BCUT2D eigenvalue weighted by Gasteiger charge is 2.02. The number of H-pyrrole nitrogens is 1. The summed E-state index contributed by atoms with van der Waals surface area (Å²) in [5.74, 6) is 0.590. The van der Waals surface area contributed by atoms with Crippen LogP contribution in [0.5, 0.6) is 0 Å². The minimum Gasteiger partial charge on any atom is -0.399 e. The molecule has 3 N–H and O–H groups in total. The lowest BCUT2D eigenvalue weighted by Gasteiger charge is -1.98. The molecule has 1 heterocycles. The Kier molecular flexibility index (Phi) is 1.85. The van der Waals surface area contributed by atoms with Crippen LogP contribution in [0.4, 0.5) is 5.69 Å². The van der Waals surface area contributed by atoms with Gasteiger partial charge >= 0.3 is 5.69 Å². The second-order valence-electron chi connectivity index (χ2n) is 3.02. The maximum atomic E-state index is 11.3. The van der Waals surface area contributed by atoms with E-state index in [1.165, 1.54) is 4.68 Å². The first kappa shape index (κ1) is 8.55. The molecule has 0 amide bonds. The summed E-state index contributed by atoms with van der Waals surface area (Å²) < 4.78 is 1.30. The van der Waals surface area contributed by atoms with E-state index in [4.69, 9.17) is 5.73 Å². The van der Waals surface area contributed by atoms with Gasteiger partial charge in [0.25, 0.3) is 0 Å². The zero-order valence-electron chi connectivity index (χ0n) is 7.69. The Labute approximate surface area is 80.2 Å². The highest BCUT2D eigenvalue weighted by Crippen LogP contribution is 2.07. The Bertz CT molecular complexity index is 494. The van der Waals surface area contributed by atoms with Crippen molar-refractivity contribution in [3.63, 3.8) is 0 Å². The Morgan fingerprint density at radius 1 is 1.36 bits per heavy atom. The number of nitrogens with zero attached hydrogens (tertiary/aromatic N) is 2. The number of nitrogens with one attached hydrogen (secondary N) is 1. The van der Waals surface area contributed by atoms with E-state index in [0.717, 1.165) is 0 Å². The quantitative estimate of drug-likeness (QED) is 0.641. The average Bonchev–Trinajstić information content (AvgIpc) is 2.47. The van der Waals surface area contributed by atoms with Crippen LogP contribution in [0.3, 0.4) is 0 Å². The molecule has 0 atom stereocenters. The van der Waals surface area contributed by atoms with E-state index in [1.807, 2.05) is 0 Å². The summed E-state index contributed by atoms with van der Waals surface area (Å²) in [6.07, 6.45) is 0. The Morgan fingerprint density at radius 2 is 2.00 bits per heavy atom. The van der Waals surface area contributed by atoms with Gasteiger partial charge in [0.2, 0.25) is 0 Å². The third-order valence-electron chi connectivity index (χ3n) is 1.87. The number of hydrogen-bond acceptors (Lipinski definition) is 3. The van der Waals surface area contributed by atoms with Crippen LogP contribution >= 0.6 is 0 Å². The zero-order chi connectivity index (χ0) is 10.1. The highest BCUT2D eigenvalue weighted by atomic mass is 16.1. The van der Waals surface area contributed by atoms with Gasteiger partial charge in [0.1, 0.15) is 5.82 Å². The van der Waals surface area contributed by atoms with Gasteiger partial charge in [0.05, 0.1) is 5.69 Å². The van der Waals surface area contributed by atoms with Crippen LogP contribution in [0.15, 0.2) is 29.1 Å².